The summed E-state index contributed by atoms with van der Waals surface area (Å²) in [4.78, 5) is 19.2. The maximum absolute atomic E-state index is 11.4. The van der Waals surface area contributed by atoms with Crippen LogP contribution in [0.15, 0.2) is 30.6 Å². The molecule has 2 aromatic rings. The molecule has 1 aromatic carbocycles. The molecule has 104 valence electrons. The molecule has 1 aromatic heterocycles. The Morgan fingerprint density at radius 3 is 3.00 bits per heavy atom. The van der Waals surface area contributed by atoms with Crippen LogP contribution in [0.4, 0.5) is 11.6 Å². The number of ether oxygens (including phenoxy) is 1. The van der Waals surface area contributed by atoms with Gasteiger partial charge in [0.1, 0.15) is 17.2 Å². The van der Waals surface area contributed by atoms with Crippen molar-refractivity contribution in [2.24, 2.45) is 0 Å². The second kappa shape index (κ2) is 6.21. The second-order valence-electron chi connectivity index (χ2n) is 3.97. The molecule has 2 rings (SSSR count). The Morgan fingerprint density at radius 2 is 2.25 bits per heavy atom. The zero-order valence-electron chi connectivity index (χ0n) is 10.8. The van der Waals surface area contributed by atoms with Crippen LogP contribution in [0.3, 0.4) is 0 Å². The average Bonchev–Trinajstić information content (AvgIpc) is 2.48. The maximum Gasteiger partial charge on any atom is 0.337 e. The van der Waals surface area contributed by atoms with Gasteiger partial charge >= 0.3 is 5.97 Å². The lowest BCUT2D eigenvalue weighted by molar-refractivity contribution is 0.0600. The molecule has 0 spiro atoms. The predicted molar refractivity (Wildman–Crippen MR) is 76.6 cm³/mol. The molecule has 1 heterocycles. The Balaban J connectivity index is 2.11. The fraction of sp³-hybridized carbons (Fsp3) is 0.154. The number of nitrogen functional groups attached to an aromatic ring is 1. The Bertz CT molecular complexity index is 634. The minimum Gasteiger partial charge on any atom is -0.465 e. The van der Waals surface area contributed by atoms with Gasteiger partial charge in [0, 0.05) is 6.54 Å². The summed E-state index contributed by atoms with van der Waals surface area (Å²) in [6.45, 7) is 0.445. The SMILES string of the molecule is COC(=O)c1cccc(CNc2ncnc(N)c2Cl)c1. The first-order valence-electron chi connectivity index (χ1n) is 5.79. The van der Waals surface area contributed by atoms with Gasteiger partial charge in [0.2, 0.25) is 0 Å². The molecule has 0 amide bonds. The van der Waals surface area contributed by atoms with Crippen LogP contribution < -0.4 is 11.1 Å². The molecule has 0 atom stereocenters. The van der Waals surface area contributed by atoms with Gasteiger partial charge < -0.3 is 15.8 Å². The fourth-order valence-corrected chi connectivity index (χ4v) is 1.78. The van der Waals surface area contributed by atoms with Crippen LogP contribution in [-0.4, -0.2) is 23.0 Å². The van der Waals surface area contributed by atoms with Crippen LogP contribution in [0.5, 0.6) is 0 Å². The molecular formula is C13H13ClN4O2. The third kappa shape index (κ3) is 3.16. The molecule has 7 heteroatoms. The Morgan fingerprint density at radius 1 is 1.45 bits per heavy atom. The van der Waals surface area contributed by atoms with Crippen molar-refractivity contribution in [2.45, 2.75) is 6.54 Å². The van der Waals surface area contributed by atoms with E-state index >= 15 is 0 Å². The summed E-state index contributed by atoms with van der Waals surface area (Å²) in [6, 6.07) is 7.07. The number of nitrogens with two attached hydrogens (primary N) is 1. The zero-order valence-corrected chi connectivity index (χ0v) is 11.5. The summed E-state index contributed by atoms with van der Waals surface area (Å²) in [5.41, 5.74) is 6.96. The van der Waals surface area contributed by atoms with E-state index in [4.69, 9.17) is 17.3 Å². The van der Waals surface area contributed by atoms with Gasteiger partial charge in [0.25, 0.3) is 0 Å². The first-order chi connectivity index (χ1) is 9.61. The third-order valence-electron chi connectivity index (χ3n) is 2.62. The number of nitrogens with zero attached hydrogens (tertiary/aromatic N) is 2. The van der Waals surface area contributed by atoms with Crippen LogP contribution in [0.1, 0.15) is 15.9 Å². The number of benzene rings is 1. The van der Waals surface area contributed by atoms with Crippen molar-refractivity contribution < 1.29 is 9.53 Å². The van der Waals surface area contributed by atoms with E-state index in [2.05, 4.69) is 20.0 Å². The number of methoxy groups -OCH3 is 1. The number of halogens is 1. The molecule has 20 heavy (non-hydrogen) atoms. The van der Waals surface area contributed by atoms with Crippen LogP contribution in [0.25, 0.3) is 0 Å². The number of hydrogen-bond donors (Lipinski definition) is 2. The van der Waals surface area contributed by atoms with Crippen molar-refractivity contribution in [2.75, 3.05) is 18.2 Å². The highest BCUT2D eigenvalue weighted by molar-refractivity contribution is 6.35. The lowest BCUT2D eigenvalue weighted by Gasteiger charge is -2.09. The molecule has 3 N–H and O–H groups in total. The number of carbonyl (C=O) groups is 1. The lowest BCUT2D eigenvalue weighted by Crippen LogP contribution is -2.06. The quantitative estimate of drug-likeness (QED) is 0.839. The maximum atomic E-state index is 11.4. The van der Waals surface area contributed by atoms with E-state index in [0.717, 1.165) is 5.56 Å². The number of rotatable bonds is 4. The molecule has 0 saturated carbocycles. The number of nitrogens with one attached hydrogen (secondary N) is 1. The molecule has 0 aliphatic rings. The van der Waals surface area contributed by atoms with Gasteiger partial charge in [-0.3, -0.25) is 0 Å². The van der Waals surface area contributed by atoms with E-state index in [-0.39, 0.29) is 16.8 Å². The van der Waals surface area contributed by atoms with Crippen LogP contribution in [0.2, 0.25) is 5.02 Å². The number of aromatic nitrogens is 2. The van der Waals surface area contributed by atoms with Gasteiger partial charge in [-0.25, -0.2) is 14.8 Å². The standard InChI is InChI=1S/C13H13ClN4O2/c1-20-13(19)9-4-2-3-8(5-9)6-16-12-10(14)11(15)17-7-18-12/h2-5,7H,6H2,1H3,(H3,15,16,17,18). The van der Waals surface area contributed by atoms with E-state index in [1.165, 1.54) is 13.4 Å². The van der Waals surface area contributed by atoms with Gasteiger partial charge in [-0.15, -0.1) is 0 Å². The van der Waals surface area contributed by atoms with E-state index in [9.17, 15) is 4.79 Å². The molecular weight excluding hydrogens is 280 g/mol. The lowest BCUT2D eigenvalue weighted by atomic mass is 10.1. The first kappa shape index (κ1) is 14.1. The van der Waals surface area contributed by atoms with Gasteiger partial charge in [-0.05, 0) is 17.7 Å². The summed E-state index contributed by atoms with van der Waals surface area (Å²) in [5, 5.41) is 3.31. The molecule has 0 saturated heterocycles. The first-order valence-corrected chi connectivity index (χ1v) is 6.16. The monoisotopic (exact) mass is 292 g/mol. The van der Waals surface area contributed by atoms with E-state index in [1.807, 2.05) is 6.07 Å². The predicted octanol–water partition coefficient (Wildman–Crippen LogP) is 2.11. The van der Waals surface area contributed by atoms with Crippen molar-refractivity contribution >= 4 is 29.2 Å². The zero-order chi connectivity index (χ0) is 14.5. The van der Waals surface area contributed by atoms with Gasteiger partial charge in [0.15, 0.2) is 5.82 Å². The van der Waals surface area contributed by atoms with E-state index < -0.39 is 0 Å². The van der Waals surface area contributed by atoms with Crippen molar-refractivity contribution in [1.29, 1.82) is 0 Å². The highest BCUT2D eigenvalue weighted by Crippen LogP contribution is 2.23. The minimum atomic E-state index is -0.379. The summed E-state index contributed by atoms with van der Waals surface area (Å²) < 4.78 is 4.67. The van der Waals surface area contributed by atoms with Crippen molar-refractivity contribution in [3.8, 4) is 0 Å². The normalized spacial score (nSPS) is 10.1. The summed E-state index contributed by atoms with van der Waals surface area (Å²) in [7, 11) is 1.34. The summed E-state index contributed by atoms with van der Waals surface area (Å²) >= 11 is 5.98. The second-order valence-corrected chi connectivity index (χ2v) is 4.34. The van der Waals surface area contributed by atoms with Crippen molar-refractivity contribution in [3.63, 3.8) is 0 Å². The summed E-state index contributed by atoms with van der Waals surface area (Å²) in [6.07, 6.45) is 1.33. The fourth-order valence-electron chi connectivity index (χ4n) is 1.62. The topological polar surface area (TPSA) is 90.1 Å². The Labute approximate surface area is 120 Å². The Hall–Kier alpha value is -2.34. The number of anilines is 2. The van der Waals surface area contributed by atoms with Crippen LogP contribution in [0, 0.1) is 0 Å². The molecule has 0 radical (unpaired) electrons. The highest BCUT2D eigenvalue weighted by Gasteiger charge is 2.08. The Kier molecular flexibility index (Phi) is 4.37. The van der Waals surface area contributed by atoms with E-state index in [1.54, 1.807) is 18.2 Å². The number of carbonyl (C=O) groups excluding carboxylic acids is 1. The average molecular weight is 293 g/mol. The van der Waals surface area contributed by atoms with Gasteiger partial charge in [0.05, 0.1) is 12.7 Å². The number of esters is 1. The van der Waals surface area contributed by atoms with Crippen molar-refractivity contribution in [3.05, 3.63) is 46.7 Å². The molecule has 0 fully saturated rings. The molecule has 0 bridgehead atoms. The van der Waals surface area contributed by atoms with Crippen LogP contribution in [-0.2, 0) is 11.3 Å². The highest BCUT2D eigenvalue weighted by atomic mass is 35.5. The van der Waals surface area contributed by atoms with E-state index in [0.29, 0.717) is 17.9 Å². The minimum absolute atomic E-state index is 0.215. The number of hydrogen-bond acceptors (Lipinski definition) is 6. The van der Waals surface area contributed by atoms with Gasteiger partial charge in [-0.1, -0.05) is 23.7 Å². The molecule has 0 unspecified atom stereocenters. The van der Waals surface area contributed by atoms with Gasteiger partial charge in [-0.2, -0.15) is 0 Å². The summed E-state index contributed by atoms with van der Waals surface area (Å²) in [5.74, 6) is 0.284. The van der Waals surface area contributed by atoms with Crippen LogP contribution >= 0.6 is 11.6 Å². The van der Waals surface area contributed by atoms with Crippen molar-refractivity contribution in [1.82, 2.24) is 9.97 Å². The molecule has 0 aliphatic carbocycles. The molecule has 6 nitrogen and oxygen atoms in total. The molecule has 0 aliphatic heterocycles. The third-order valence-corrected chi connectivity index (χ3v) is 3.00. The smallest absolute Gasteiger partial charge is 0.337 e. The largest absolute Gasteiger partial charge is 0.465 e.